The van der Waals surface area contributed by atoms with E-state index in [9.17, 15) is 4.79 Å². The van der Waals surface area contributed by atoms with Crippen LogP contribution in [0.4, 0.5) is 0 Å². The number of carbonyl (C=O) groups is 1. The molecule has 1 aromatic heterocycles. The maximum atomic E-state index is 10.4. The zero-order valence-corrected chi connectivity index (χ0v) is 7.03. The molecule has 12 heavy (non-hydrogen) atoms. The minimum Gasteiger partial charge on any atom is -0.296 e. The van der Waals surface area contributed by atoms with Crippen LogP contribution in [0.2, 0.25) is 0 Å². The zero-order valence-electron chi connectivity index (χ0n) is 7.03. The number of aldehydes is 1. The van der Waals surface area contributed by atoms with Crippen LogP contribution in [0, 0.1) is 0 Å². The summed E-state index contributed by atoms with van der Waals surface area (Å²) in [6, 6.07) is 0. The molecule has 0 radical (unpaired) electrons. The van der Waals surface area contributed by atoms with Crippen molar-refractivity contribution in [2.24, 2.45) is 0 Å². The molecule has 0 atom stereocenters. The van der Waals surface area contributed by atoms with Gasteiger partial charge in [0.2, 0.25) is 0 Å². The number of nitrogens with zero attached hydrogens (tertiary/aromatic N) is 3. The van der Waals surface area contributed by atoms with E-state index >= 15 is 0 Å². The molecule has 0 saturated carbocycles. The molecule has 6 nitrogen and oxygen atoms in total. The van der Waals surface area contributed by atoms with E-state index in [1.165, 1.54) is 0 Å². The van der Waals surface area contributed by atoms with E-state index in [1.807, 2.05) is 7.05 Å². The maximum absolute atomic E-state index is 10.4. The molecular weight excluding hydrogens is 158 g/mol. The van der Waals surface area contributed by atoms with Gasteiger partial charge in [0.15, 0.2) is 6.29 Å². The second kappa shape index (κ2) is 3.93. The van der Waals surface area contributed by atoms with Crippen molar-refractivity contribution in [2.75, 3.05) is 14.1 Å². The molecule has 0 aromatic carbocycles. The second-order valence-corrected chi connectivity index (χ2v) is 2.35. The van der Waals surface area contributed by atoms with Gasteiger partial charge in [-0.3, -0.25) is 10.2 Å². The van der Waals surface area contributed by atoms with Crippen molar-refractivity contribution in [2.45, 2.75) is 6.54 Å². The Morgan fingerprint density at radius 2 is 2.42 bits per heavy atom. The highest BCUT2D eigenvalue weighted by Gasteiger charge is 2.07. The molecule has 0 aliphatic heterocycles. The number of rotatable bonds is 4. The average Bonchev–Trinajstić information content (AvgIpc) is 2.51. The summed E-state index contributed by atoms with van der Waals surface area (Å²) in [5.41, 5.74) is 3.89. The van der Waals surface area contributed by atoms with Crippen molar-refractivity contribution in [3.8, 4) is 0 Å². The molecule has 6 heteroatoms. The number of hydrazine groups is 1. The Bertz CT molecular complexity index is 258. The van der Waals surface area contributed by atoms with Gasteiger partial charge in [-0.1, -0.05) is 0 Å². The molecule has 66 valence electrons. The molecule has 0 amide bonds. The first-order chi connectivity index (χ1) is 5.77. The van der Waals surface area contributed by atoms with Gasteiger partial charge in [0.05, 0.1) is 6.54 Å². The summed E-state index contributed by atoms with van der Waals surface area (Å²) in [6.07, 6.45) is 0.683. The van der Waals surface area contributed by atoms with Crippen LogP contribution in [0.3, 0.4) is 0 Å². The molecule has 1 aromatic rings. The normalized spacial score (nSPS) is 10.6. The number of hydrogen-bond donors (Lipinski definition) is 2. The Morgan fingerprint density at radius 3 is 3.00 bits per heavy atom. The van der Waals surface area contributed by atoms with Crippen LogP contribution in [0.5, 0.6) is 0 Å². The van der Waals surface area contributed by atoms with Gasteiger partial charge in [-0.15, -0.1) is 0 Å². The van der Waals surface area contributed by atoms with Gasteiger partial charge in [-0.25, -0.2) is 5.01 Å². The molecule has 1 rings (SSSR count). The minimum absolute atomic E-state index is 0.358. The highest BCUT2D eigenvalue weighted by atomic mass is 16.1. The van der Waals surface area contributed by atoms with E-state index in [0.29, 0.717) is 24.2 Å². The first kappa shape index (κ1) is 8.82. The number of aromatic amines is 1. The van der Waals surface area contributed by atoms with Gasteiger partial charge < -0.3 is 0 Å². The van der Waals surface area contributed by atoms with Crippen LogP contribution in [0.1, 0.15) is 16.2 Å². The Balaban J connectivity index is 2.67. The largest absolute Gasteiger partial charge is 0.296 e. The fraction of sp³-hybridized carbons (Fsp3) is 0.500. The molecular formula is C6H11N5O. The zero-order chi connectivity index (χ0) is 8.97. The number of aromatic nitrogens is 3. The Kier molecular flexibility index (Phi) is 2.89. The number of H-pyrrole nitrogens is 1. The van der Waals surface area contributed by atoms with Crippen molar-refractivity contribution in [1.82, 2.24) is 25.8 Å². The van der Waals surface area contributed by atoms with Crippen LogP contribution in [0.15, 0.2) is 0 Å². The predicted molar refractivity (Wildman–Crippen MR) is 42.3 cm³/mol. The van der Waals surface area contributed by atoms with Gasteiger partial charge in [0, 0.05) is 7.05 Å². The molecule has 0 bridgehead atoms. The SMILES string of the molecule is CNN(C)Cc1n[nH]nc1C=O. The van der Waals surface area contributed by atoms with Crippen LogP contribution in [-0.4, -0.2) is 40.8 Å². The molecule has 0 fully saturated rings. The lowest BCUT2D eigenvalue weighted by Gasteiger charge is -2.12. The molecule has 2 N–H and O–H groups in total. The number of nitrogens with one attached hydrogen (secondary N) is 2. The van der Waals surface area contributed by atoms with E-state index in [1.54, 1.807) is 12.1 Å². The van der Waals surface area contributed by atoms with Crippen molar-refractivity contribution >= 4 is 6.29 Å². The highest BCUT2D eigenvalue weighted by Crippen LogP contribution is 1.99. The topological polar surface area (TPSA) is 73.9 Å². The van der Waals surface area contributed by atoms with Gasteiger partial charge in [-0.05, 0) is 7.05 Å². The second-order valence-electron chi connectivity index (χ2n) is 2.35. The van der Waals surface area contributed by atoms with Gasteiger partial charge in [0.25, 0.3) is 0 Å². The molecule has 0 aliphatic carbocycles. The average molecular weight is 169 g/mol. The van der Waals surface area contributed by atoms with E-state index in [2.05, 4.69) is 20.8 Å². The highest BCUT2D eigenvalue weighted by molar-refractivity contribution is 5.72. The van der Waals surface area contributed by atoms with Crippen LogP contribution in [0.25, 0.3) is 0 Å². The van der Waals surface area contributed by atoms with E-state index in [4.69, 9.17) is 0 Å². The van der Waals surface area contributed by atoms with Gasteiger partial charge in [-0.2, -0.15) is 15.4 Å². The minimum atomic E-state index is 0.358. The lowest BCUT2D eigenvalue weighted by atomic mass is 10.3. The van der Waals surface area contributed by atoms with Crippen molar-refractivity contribution < 1.29 is 4.79 Å². The fourth-order valence-electron chi connectivity index (χ4n) is 0.775. The molecule has 0 unspecified atom stereocenters. The Labute approximate surface area is 69.9 Å². The molecule has 0 spiro atoms. The van der Waals surface area contributed by atoms with Gasteiger partial charge >= 0.3 is 0 Å². The monoisotopic (exact) mass is 169 g/mol. The summed E-state index contributed by atoms with van der Waals surface area (Å²) in [5, 5.41) is 11.7. The van der Waals surface area contributed by atoms with Crippen molar-refractivity contribution in [1.29, 1.82) is 0 Å². The van der Waals surface area contributed by atoms with Gasteiger partial charge in [0.1, 0.15) is 11.4 Å². The quantitative estimate of drug-likeness (QED) is 0.455. The summed E-state index contributed by atoms with van der Waals surface area (Å²) in [7, 11) is 3.64. The Hall–Kier alpha value is -1.27. The van der Waals surface area contributed by atoms with E-state index in [0.717, 1.165) is 0 Å². The summed E-state index contributed by atoms with van der Waals surface area (Å²) >= 11 is 0. The molecule has 0 aliphatic rings. The third kappa shape index (κ3) is 1.86. The summed E-state index contributed by atoms with van der Waals surface area (Å²) in [6.45, 7) is 0.543. The van der Waals surface area contributed by atoms with Crippen molar-refractivity contribution in [3.05, 3.63) is 11.4 Å². The smallest absolute Gasteiger partial charge is 0.172 e. The fourth-order valence-corrected chi connectivity index (χ4v) is 0.775. The van der Waals surface area contributed by atoms with Crippen LogP contribution < -0.4 is 5.43 Å². The summed E-state index contributed by atoms with van der Waals surface area (Å²) in [5.74, 6) is 0. The number of hydrogen-bond acceptors (Lipinski definition) is 5. The summed E-state index contributed by atoms with van der Waals surface area (Å²) in [4.78, 5) is 10.4. The molecule has 0 saturated heterocycles. The third-order valence-corrected chi connectivity index (χ3v) is 1.53. The Morgan fingerprint density at radius 1 is 1.67 bits per heavy atom. The van der Waals surface area contributed by atoms with E-state index in [-0.39, 0.29) is 0 Å². The first-order valence-electron chi connectivity index (χ1n) is 3.51. The lowest BCUT2D eigenvalue weighted by Crippen LogP contribution is -2.30. The predicted octanol–water partition coefficient (Wildman–Crippen LogP) is -0.817. The molecule has 1 heterocycles. The summed E-state index contributed by atoms with van der Waals surface area (Å²) < 4.78 is 0. The van der Waals surface area contributed by atoms with Crippen LogP contribution >= 0.6 is 0 Å². The third-order valence-electron chi connectivity index (χ3n) is 1.53. The van der Waals surface area contributed by atoms with E-state index < -0.39 is 0 Å². The lowest BCUT2D eigenvalue weighted by molar-refractivity contribution is 0.111. The number of carbonyl (C=O) groups excluding carboxylic acids is 1. The van der Waals surface area contributed by atoms with Crippen molar-refractivity contribution in [3.63, 3.8) is 0 Å². The van der Waals surface area contributed by atoms with Crippen LogP contribution in [-0.2, 0) is 6.54 Å². The first-order valence-corrected chi connectivity index (χ1v) is 3.51. The maximum Gasteiger partial charge on any atom is 0.172 e. The standard InChI is InChI=1S/C6H11N5O/c1-7-11(2)3-5-6(4-12)9-10-8-5/h4,7H,3H2,1-2H3,(H,8,9,10).